The maximum absolute atomic E-state index is 6.17. The van der Waals surface area contributed by atoms with Crippen LogP contribution < -0.4 is 4.90 Å². The summed E-state index contributed by atoms with van der Waals surface area (Å²) < 4.78 is 6.17. The summed E-state index contributed by atoms with van der Waals surface area (Å²) in [6.45, 7) is 9.42. The number of anilines is 3. The van der Waals surface area contributed by atoms with Crippen molar-refractivity contribution in [3.8, 4) is 55.6 Å². The first-order chi connectivity index (χ1) is 30.3. The first kappa shape index (κ1) is 36.4. The van der Waals surface area contributed by atoms with Crippen molar-refractivity contribution in [2.24, 2.45) is 0 Å². The molecule has 0 bridgehead atoms. The molecule has 12 rings (SSSR count). The Morgan fingerprint density at radius 2 is 0.790 bits per heavy atom. The zero-order chi connectivity index (χ0) is 41.7. The van der Waals surface area contributed by atoms with E-state index >= 15 is 0 Å². The highest BCUT2D eigenvalue weighted by Crippen LogP contribution is 2.54. The average molecular weight is 796 g/mol. The van der Waals surface area contributed by atoms with Crippen LogP contribution in [0.4, 0.5) is 17.1 Å². The Morgan fingerprint density at radius 1 is 0.323 bits per heavy atom. The molecule has 2 aliphatic carbocycles. The predicted octanol–water partition coefficient (Wildman–Crippen LogP) is 16.7. The Hall–Kier alpha value is -7.42. The number of furan rings is 1. The van der Waals surface area contributed by atoms with Gasteiger partial charge in [0.1, 0.15) is 11.2 Å². The normalized spacial score (nSPS) is 14.1. The number of benzene rings is 9. The van der Waals surface area contributed by atoms with Crippen molar-refractivity contribution in [1.82, 2.24) is 0 Å². The Bertz CT molecular complexity index is 3270. The topological polar surface area (TPSA) is 16.4 Å². The molecule has 1 heterocycles. The summed E-state index contributed by atoms with van der Waals surface area (Å²) in [5, 5.41) is 2.27. The lowest BCUT2D eigenvalue weighted by molar-refractivity contribution is 0.660. The highest BCUT2D eigenvalue weighted by molar-refractivity contribution is 6.06. The lowest BCUT2D eigenvalue weighted by atomic mass is 9.82. The summed E-state index contributed by atoms with van der Waals surface area (Å²) in [4.78, 5) is 2.42. The van der Waals surface area contributed by atoms with Crippen molar-refractivity contribution >= 4 is 39.0 Å². The molecule has 0 unspecified atom stereocenters. The van der Waals surface area contributed by atoms with E-state index in [0.29, 0.717) is 0 Å². The summed E-state index contributed by atoms with van der Waals surface area (Å²) in [6.07, 6.45) is 0. The van der Waals surface area contributed by atoms with E-state index in [4.69, 9.17) is 4.42 Å². The smallest absolute Gasteiger partial charge is 0.135 e. The second-order valence-electron chi connectivity index (χ2n) is 18.1. The maximum atomic E-state index is 6.17. The molecule has 2 nitrogen and oxygen atoms in total. The number of para-hydroxylation sites is 1. The lowest BCUT2D eigenvalue weighted by Gasteiger charge is -2.27. The zero-order valence-corrected chi connectivity index (χ0v) is 35.4. The van der Waals surface area contributed by atoms with Gasteiger partial charge in [-0.25, -0.2) is 0 Å². The molecule has 10 aromatic rings. The fraction of sp³-hybridized carbons (Fsp3) is 0.100. The van der Waals surface area contributed by atoms with Gasteiger partial charge in [0.15, 0.2) is 0 Å². The van der Waals surface area contributed by atoms with Gasteiger partial charge in [0, 0.05) is 38.7 Å². The summed E-state index contributed by atoms with van der Waals surface area (Å²) in [7, 11) is 0. The third-order valence-electron chi connectivity index (χ3n) is 13.9. The van der Waals surface area contributed by atoms with E-state index in [2.05, 4.69) is 221 Å². The van der Waals surface area contributed by atoms with E-state index in [1.165, 1.54) is 66.8 Å². The number of fused-ring (bicyclic) bond motifs is 9. The lowest BCUT2D eigenvalue weighted by Crippen LogP contribution is -2.14. The third-order valence-corrected chi connectivity index (χ3v) is 13.9. The first-order valence-electron chi connectivity index (χ1n) is 21.8. The molecule has 0 spiro atoms. The molecule has 0 atom stereocenters. The van der Waals surface area contributed by atoms with E-state index in [9.17, 15) is 0 Å². The van der Waals surface area contributed by atoms with E-state index in [-0.39, 0.29) is 10.8 Å². The van der Waals surface area contributed by atoms with Gasteiger partial charge in [-0.1, -0.05) is 173 Å². The van der Waals surface area contributed by atoms with Crippen molar-refractivity contribution in [2.75, 3.05) is 4.90 Å². The number of hydrogen-bond donors (Lipinski definition) is 0. The van der Waals surface area contributed by atoms with E-state index in [1.807, 2.05) is 12.1 Å². The largest absolute Gasteiger partial charge is 0.456 e. The molecule has 2 aliphatic rings. The van der Waals surface area contributed by atoms with Crippen LogP contribution >= 0.6 is 0 Å². The summed E-state index contributed by atoms with van der Waals surface area (Å²) in [5.41, 5.74) is 23.1. The Balaban J connectivity index is 1.01. The fourth-order valence-electron chi connectivity index (χ4n) is 10.8. The van der Waals surface area contributed by atoms with Crippen LogP contribution in [0.3, 0.4) is 0 Å². The third kappa shape index (κ3) is 5.43. The molecular formula is C60H45NO. The monoisotopic (exact) mass is 795 g/mol. The summed E-state index contributed by atoms with van der Waals surface area (Å²) in [6, 6.07) is 73.6. The maximum Gasteiger partial charge on any atom is 0.135 e. The molecule has 296 valence electrons. The van der Waals surface area contributed by atoms with Crippen LogP contribution in [0.15, 0.2) is 205 Å². The van der Waals surface area contributed by atoms with Crippen molar-refractivity contribution in [1.29, 1.82) is 0 Å². The second-order valence-corrected chi connectivity index (χ2v) is 18.1. The molecule has 62 heavy (non-hydrogen) atoms. The molecule has 0 aliphatic heterocycles. The Morgan fingerprint density at radius 3 is 1.39 bits per heavy atom. The van der Waals surface area contributed by atoms with Crippen molar-refractivity contribution < 1.29 is 4.42 Å². The average Bonchev–Trinajstić information content (AvgIpc) is 3.89. The first-order valence-corrected chi connectivity index (χ1v) is 21.8. The van der Waals surface area contributed by atoms with Gasteiger partial charge in [-0.2, -0.15) is 0 Å². The summed E-state index contributed by atoms with van der Waals surface area (Å²) in [5.74, 6) is 0. The zero-order valence-electron chi connectivity index (χ0n) is 35.4. The van der Waals surface area contributed by atoms with E-state index in [0.717, 1.165) is 50.1 Å². The quantitative estimate of drug-likeness (QED) is 0.167. The van der Waals surface area contributed by atoms with Crippen LogP contribution in [0, 0.1) is 0 Å². The van der Waals surface area contributed by atoms with Crippen molar-refractivity contribution in [2.45, 2.75) is 38.5 Å². The van der Waals surface area contributed by atoms with Gasteiger partial charge in [-0.3, -0.25) is 0 Å². The molecular weight excluding hydrogens is 751 g/mol. The van der Waals surface area contributed by atoms with Gasteiger partial charge in [-0.05, 0) is 132 Å². The Labute approximate surface area is 363 Å². The fourth-order valence-corrected chi connectivity index (χ4v) is 10.8. The molecule has 0 amide bonds. The van der Waals surface area contributed by atoms with E-state index < -0.39 is 0 Å². The second kappa shape index (κ2) is 13.5. The molecule has 0 radical (unpaired) electrons. The standard InChI is InChI=1S/C60H45NO/c1-59(2)51-24-8-5-20-48(51)57-45(22-13-26-53(57)59)40-15-11-17-43(35-40)61(42-32-29-38(30-33-42)39-31-34-56-50(37-39)47-19-7-10-28-55(47)62-56)44-18-12-16-41(36-44)46-23-14-27-54-58(46)49-21-6-9-25-52(49)60(54,3)4/h5-37H,1-4H3. The van der Waals surface area contributed by atoms with Crippen LogP contribution in [-0.4, -0.2) is 0 Å². The van der Waals surface area contributed by atoms with Gasteiger partial charge in [-0.15, -0.1) is 0 Å². The number of rotatable bonds is 6. The molecule has 0 saturated heterocycles. The predicted molar refractivity (Wildman–Crippen MR) is 260 cm³/mol. The van der Waals surface area contributed by atoms with Gasteiger partial charge in [0.25, 0.3) is 0 Å². The number of nitrogens with zero attached hydrogens (tertiary/aromatic N) is 1. The van der Waals surface area contributed by atoms with Gasteiger partial charge in [0.05, 0.1) is 0 Å². The molecule has 1 aromatic heterocycles. The van der Waals surface area contributed by atoms with Crippen LogP contribution in [-0.2, 0) is 10.8 Å². The van der Waals surface area contributed by atoms with Crippen molar-refractivity contribution in [3.05, 3.63) is 222 Å². The molecule has 2 heteroatoms. The van der Waals surface area contributed by atoms with Gasteiger partial charge >= 0.3 is 0 Å². The van der Waals surface area contributed by atoms with Crippen LogP contribution in [0.25, 0.3) is 77.6 Å². The SMILES string of the molecule is CC1(C)c2ccccc2-c2c(-c3cccc(N(c4ccc(-c5ccc6oc7ccccc7c6c5)cc4)c4cccc(-c5cccc6c5-c5ccccc5C6(C)C)c4)c3)cccc21. The highest BCUT2D eigenvalue weighted by Gasteiger charge is 2.38. The van der Waals surface area contributed by atoms with Crippen molar-refractivity contribution in [3.63, 3.8) is 0 Å². The minimum absolute atomic E-state index is 0.0731. The van der Waals surface area contributed by atoms with Crippen LogP contribution in [0.2, 0.25) is 0 Å². The highest BCUT2D eigenvalue weighted by atomic mass is 16.3. The van der Waals surface area contributed by atoms with Gasteiger partial charge in [0.2, 0.25) is 0 Å². The van der Waals surface area contributed by atoms with Gasteiger partial charge < -0.3 is 9.32 Å². The van der Waals surface area contributed by atoms with Crippen LogP contribution in [0.1, 0.15) is 49.9 Å². The Kier molecular flexibility index (Phi) is 7.96. The molecule has 9 aromatic carbocycles. The minimum atomic E-state index is -0.0731. The summed E-state index contributed by atoms with van der Waals surface area (Å²) >= 11 is 0. The molecule has 0 fully saturated rings. The van der Waals surface area contributed by atoms with E-state index in [1.54, 1.807) is 0 Å². The van der Waals surface area contributed by atoms with Crippen LogP contribution in [0.5, 0.6) is 0 Å². The number of hydrogen-bond acceptors (Lipinski definition) is 2. The molecule has 0 saturated carbocycles. The minimum Gasteiger partial charge on any atom is -0.456 e. The molecule has 0 N–H and O–H groups in total.